The van der Waals surface area contributed by atoms with E-state index in [-0.39, 0.29) is 0 Å². The van der Waals surface area contributed by atoms with Gasteiger partial charge in [-0.05, 0) is 52.9 Å². The average molecular weight is 358 g/mol. The fourth-order valence-corrected chi connectivity index (χ4v) is 4.69. The highest BCUT2D eigenvalue weighted by Gasteiger charge is 2.26. The van der Waals surface area contributed by atoms with Gasteiger partial charge in [-0.3, -0.25) is 4.57 Å². The summed E-state index contributed by atoms with van der Waals surface area (Å²) in [6.45, 7) is 2.21. The van der Waals surface area contributed by atoms with Gasteiger partial charge in [0, 0.05) is 22.8 Å². The molecule has 2 heteroatoms. The van der Waals surface area contributed by atoms with E-state index in [1.165, 1.54) is 50.0 Å². The van der Waals surface area contributed by atoms with Gasteiger partial charge in [-0.1, -0.05) is 66.7 Å². The smallest absolute Gasteiger partial charge is 0.137 e. The molecule has 0 unspecified atom stereocenters. The predicted octanol–water partition coefficient (Wildman–Crippen LogP) is 6.65. The molecule has 28 heavy (non-hydrogen) atoms. The minimum absolute atomic E-state index is 0.958. The van der Waals surface area contributed by atoms with Crippen molar-refractivity contribution in [3.05, 3.63) is 96.8 Å². The number of benzene rings is 3. The summed E-state index contributed by atoms with van der Waals surface area (Å²) in [4.78, 5) is 4.64. The topological polar surface area (TPSA) is 17.8 Å². The molecule has 1 aliphatic rings. The molecule has 2 aromatic heterocycles. The van der Waals surface area contributed by atoms with E-state index in [0.29, 0.717) is 0 Å². The number of hydrogen-bond donors (Lipinski definition) is 0. The number of nitrogens with zero attached hydrogens (tertiary/aromatic N) is 2. The summed E-state index contributed by atoms with van der Waals surface area (Å²) in [5.41, 5.74) is 10.2. The molecule has 6 rings (SSSR count). The summed E-state index contributed by atoms with van der Waals surface area (Å²) in [5.74, 6) is 0.958. The largest absolute Gasteiger partial charge is 0.298 e. The quantitative estimate of drug-likeness (QED) is 0.322. The highest BCUT2D eigenvalue weighted by atomic mass is 15.1. The van der Waals surface area contributed by atoms with Crippen LogP contribution in [0.3, 0.4) is 0 Å². The van der Waals surface area contributed by atoms with Crippen LogP contribution in [0.1, 0.15) is 5.69 Å². The van der Waals surface area contributed by atoms with Crippen LogP contribution in [0.15, 0.2) is 91.1 Å². The Hall–Kier alpha value is -3.65. The van der Waals surface area contributed by atoms with E-state index in [9.17, 15) is 0 Å². The molecule has 0 saturated heterocycles. The zero-order valence-electron chi connectivity index (χ0n) is 15.6. The van der Waals surface area contributed by atoms with Gasteiger partial charge in [0.05, 0.1) is 5.52 Å². The van der Waals surface area contributed by atoms with Crippen LogP contribution < -0.4 is 0 Å². The first-order valence-electron chi connectivity index (χ1n) is 9.59. The van der Waals surface area contributed by atoms with Gasteiger partial charge in [0.15, 0.2) is 0 Å². The summed E-state index contributed by atoms with van der Waals surface area (Å²) < 4.78 is 2.29. The Balaban J connectivity index is 1.87. The lowest BCUT2D eigenvalue weighted by Crippen LogP contribution is -1.99. The lowest BCUT2D eigenvalue weighted by atomic mass is 9.94. The van der Waals surface area contributed by atoms with Crippen LogP contribution in [-0.2, 0) is 0 Å². The zero-order chi connectivity index (χ0) is 18.7. The Kier molecular flexibility index (Phi) is 3.12. The Morgan fingerprint density at radius 2 is 1.21 bits per heavy atom. The van der Waals surface area contributed by atoms with Gasteiger partial charge >= 0.3 is 0 Å². The molecule has 0 saturated carbocycles. The standard InChI is InChI=1S/C26H18N2/c1-17-25-21-12-5-4-10-19(21)18-9-2-3-11-20(18)22-13-8-14-23(26(22)25)28(17)24-15-6-7-16-27-24/h2-16H,1H3. The van der Waals surface area contributed by atoms with Crippen LogP contribution in [0.25, 0.3) is 50.1 Å². The summed E-state index contributed by atoms with van der Waals surface area (Å²) in [7, 11) is 0. The van der Waals surface area contributed by atoms with E-state index in [4.69, 9.17) is 0 Å². The maximum absolute atomic E-state index is 4.64. The molecule has 1 aliphatic carbocycles. The highest BCUT2D eigenvalue weighted by Crippen LogP contribution is 2.49. The van der Waals surface area contributed by atoms with E-state index in [0.717, 1.165) is 5.82 Å². The normalized spacial score (nSPS) is 11.8. The summed E-state index contributed by atoms with van der Waals surface area (Å²) in [6, 6.07) is 30.2. The first kappa shape index (κ1) is 15.4. The van der Waals surface area contributed by atoms with E-state index in [1.807, 2.05) is 18.3 Å². The van der Waals surface area contributed by atoms with Crippen molar-refractivity contribution in [3.63, 3.8) is 0 Å². The Bertz CT molecular complexity index is 1360. The molecule has 0 bridgehead atoms. The maximum Gasteiger partial charge on any atom is 0.137 e. The van der Waals surface area contributed by atoms with Crippen molar-refractivity contribution in [2.45, 2.75) is 6.92 Å². The molecule has 5 aromatic rings. The lowest BCUT2D eigenvalue weighted by Gasteiger charge is -2.13. The van der Waals surface area contributed by atoms with Gasteiger partial charge in [0.1, 0.15) is 5.82 Å². The summed E-state index contributed by atoms with van der Waals surface area (Å²) >= 11 is 0. The van der Waals surface area contributed by atoms with Crippen molar-refractivity contribution in [1.29, 1.82) is 0 Å². The molecule has 0 radical (unpaired) electrons. The van der Waals surface area contributed by atoms with Crippen molar-refractivity contribution < 1.29 is 0 Å². The second-order valence-corrected chi connectivity index (χ2v) is 7.27. The number of pyridine rings is 1. The fourth-order valence-electron chi connectivity index (χ4n) is 4.69. The number of aromatic nitrogens is 2. The van der Waals surface area contributed by atoms with Crippen molar-refractivity contribution in [3.8, 4) is 39.2 Å². The van der Waals surface area contributed by atoms with Crippen LogP contribution >= 0.6 is 0 Å². The van der Waals surface area contributed by atoms with Gasteiger partial charge < -0.3 is 0 Å². The predicted molar refractivity (Wildman–Crippen MR) is 116 cm³/mol. The molecule has 0 N–H and O–H groups in total. The fraction of sp³-hybridized carbons (Fsp3) is 0.0385. The van der Waals surface area contributed by atoms with Gasteiger partial charge in [-0.25, -0.2) is 4.98 Å². The summed E-state index contributed by atoms with van der Waals surface area (Å²) in [5, 5.41) is 1.31. The first-order chi connectivity index (χ1) is 13.8. The van der Waals surface area contributed by atoms with Crippen LogP contribution in [0.5, 0.6) is 0 Å². The molecule has 3 aromatic carbocycles. The first-order valence-corrected chi connectivity index (χ1v) is 9.59. The minimum atomic E-state index is 0.958. The highest BCUT2D eigenvalue weighted by molar-refractivity contribution is 6.14. The van der Waals surface area contributed by atoms with Gasteiger partial charge in [-0.2, -0.15) is 0 Å². The third kappa shape index (κ3) is 1.95. The Morgan fingerprint density at radius 3 is 1.93 bits per heavy atom. The number of rotatable bonds is 1. The van der Waals surface area contributed by atoms with Crippen molar-refractivity contribution >= 4 is 10.9 Å². The maximum atomic E-state index is 4.64. The molecule has 0 fully saturated rings. The van der Waals surface area contributed by atoms with Crippen molar-refractivity contribution in [2.24, 2.45) is 0 Å². The average Bonchev–Trinajstić information content (AvgIpc) is 2.98. The third-order valence-corrected chi connectivity index (χ3v) is 5.81. The monoisotopic (exact) mass is 358 g/mol. The van der Waals surface area contributed by atoms with Crippen molar-refractivity contribution in [1.82, 2.24) is 9.55 Å². The Labute approximate surface area is 163 Å². The minimum Gasteiger partial charge on any atom is -0.298 e. The van der Waals surface area contributed by atoms with Gasteiger partial charge in [-0.15, -0.1) is 0 Å². The molecule has 0 spiro atoms. The zero-order valence-corrected chi connectivity index (χ0v) is 15.6. The van der Waals surface area contributed by atoms with Crippen LogP contribution in [0, 0.1) is 6.92 Å². The number of fused-ring (bicyclic) bond motifs is 5. The molecule has 2 nitrogen and oxygen atoms in total. The SMILES string of the molecule is Cc1c2c3c(cccc3n1-c1ccccn1)-c1ccccc1-c1ccccc1-2. The molecular weight excluding hydrogens is 340 g/mol. The van der Waals surface area contributed by atoms with Crippen LogP contribution in [0.2, 0.25) is 0 Å². The third-order valence-electron chi connectivity index (χ3n) is 5.81. The van der Waals surface area contributed by atoms with E-state index in [2.05, 4.69) is 89.3 Å². The lowest BCUT2D eigenvalue weighted by molar-refractivity contribution is 0.995. The van der Waals surface area contributed by atoms with Crippen LogP contribution in [0.4, 0.5) is 0 Å². The van der Waals surface area contributed by atoms with E-state index >= 15 is 0 Å². The number of hydrogen-bond acceptors (Lipinski definition) is 1. The van der Waals surface area contributed by atoms with Crippen LogP contribution in [-0.4, -0.2) is 9.55 Å². The second-order valence-electron chi connectivity index (χ2n) is 7.27. The second kappa shape index (κ2) is 5.67. The molecule has 132 valence electrons. The van der Waals surface area contributed by atoms with Gasteiger partial charge in [0.25, 0.3) is 0 Å². The molecular formula is C26H18N2. The Morgan fingerprint density at radius 1 is 0.607 bits per heavy atom. The van der Waals surface area contributed by atoms with E-state index < -0.39 is 0 Å². The van der Waals surface area contributed by atoms with Gasteiger partial charge in [0.2, 0.25) is 0 Å². The molecule has 2 heterocycles. The molecule has 0 atom stereocenters. The van der Waals surface area contributed by atoms with Crippen molar-refractivity contribution in [2.75, 3.05) is 0 Å². The summed E-state index contributed by atoms with van der Waals surface area (Å²) in [6.07, 6.45) is 1.86. The van der Waals surface area contributed by atoms with E-state index in [1.54, 1.807) is 0 Å². The molecule has 0 amide bonds. The molecule has 0 aliphatic heterocycles.